The van der Waals surface area contributed by atoms with E-state index in [1.54, 1.807) is 51.4 Å². The zero-order valence-corrected chi connectivity index (χ0v) is 13.6. The Morgan fingerprint density at radius 1 is 0.700 bits per heavy atom. The van der Waals surface area contributed by atoms with E-state index in [0.717, 1.165) is 34.5 Å². The number of fused-ring (bicyclic) bond motifs is 5. The summed E-state index contributed by atoms with van der Waals surface area (Å²) in [6.07, 6.45) is 17.1. The third kappa shape index (κ3) is 1.91. The summed E-state index contributed by atoms with van der Waals surface area (Å²) in [5.74, 6) is 4.41. The Kier molecular flexibility index (Phi) is 3.72. The van der Waals surface area contributed by atoms with Crippen molar-refractivity contribution in [2.75, 3.05) is 0 Å². The highest BCUT2D eigenvalue weighted by Crippen LogP contribution is 2.66. The van der Waals surface area contributed by atoms with Gasteiger partial charge in [0.1, 0.15) is 0 Å². The van der Waals surface area contributed by atoms with Crippen molar-refractivity contribution in [2.24, 2.45) is 34.5 Å². The fraction of sp³-hybridized carbons (Fsp3) is 1.00. The molecule has 4 aliphatic carbocycles. The molecule has 0 radical (unpaired) electrons. The van der Waals surface area contributed by atoms with Crippen LogP contribution in [0.15, 0.2) is 0 Å². The van der Waals surface area contributed by atoms with Gasteiger partial charge in [0.2, 0.25) is 0 Å². The van der Waals surface area contributed by atoms with Gasteiger partial charge in [0, 0.05) is 0 Å². The lowest BCUT2D eigenvalue weighted by molar-refractivity contribution is -0.103. The fourth-order valence-electron chi connectivity index (χ4n) is 7.29. The van der Waals surface area contributed by atoms with Crippen LogP contribution in [-0.2, 0) is 0 Å². The van der Waals surface area contributed by atoms with E-state index in [0.29, 0.717) is 0 Å². The van der Waals surface area contributed by atoms with Crippen molar-refractivity contribution < 1.29 is 5.48 Å². The molecule has 0 saturated heterocycles. The van der Waals surface area contributed by atoms with E-state index >= 15 is 0 Å². The van der Waals surface area contributed by atoms with Gasteiger partial charge in [0.25, 0.3) is 0 Å². The Bertz CT molecular complexity index is 365. The van der Waals surface area contributed by atoms with Gasteiger partial charge >= 0.3 is 0 Å². The van der Waals surface area contributed by atoms with Crippen molar-refractivity contribution in [3.63, 3.8) is 0 Å². The Balaban J connectivity index is 0.00000121. The van der Waals surface area contributed by atoms with Gasteiger partial charge in [-0.25, -0.2) is 0 Å². The summed E-state index contributed by atoms with van der Waals surface area (Å²) >= 11 is 0. The van der Waals surface area contributed by atoms with Gasteiger partial charge in [-0.05, 0) is 85.9 Å². The first-order valence-electron chi connectivity index (χ1n) is 9.13. The van der Waals surface area contributed by atoms with Crippen molar-refractivity contribution in [1.29, 1.82) is 0 Å². The molecule has 4 fully saturated rings. The second kappa shape index (κ2) is 5.00. The van der Waals surface area contributed by atoms with Crippen LogP contribution in [0.5, 0.6) is 0 Å². The minimum atomic E-state index is 0. The lowest BCUT2D eigenvalue weighted by atomic mass is 9.45. The number of hydrogen-bond donors (Lipinski definition) is 0. The molecule has 116 valence electrons. The maximum absolute atomic E-state index is 2.70. The highest BCUT2D eigenvalue weighted by molar-refractivity contribution is 5.06. The molecule has 0 amide bonds. The van der Waals surface area contributed by atoms with Crippen molar-refractivity contribution in [3.8, 4) is 0 Å². The normalized spacial score (nSPS) is 54.3. The molecule has 0 heterocycles. The van der Waals surface area contributed by atoms with Crippen molar-refractivity contribution in [1.82, 2.24) is 0 Å². The van der Waals surface area contributed by atoms with Crippen molar-refractivity contribution in [3.05, 3.63) is 0 Å². The van der Waals surface area contributed by atoms with E-state index in [-0.39, 0.29) is 5.48 Å². The molecule has 4 saturated carbocycles. The minimum Gasteiger partial charge on any atom is -0.412 e. The van der Waals surface area contributed by atoms with Crippen molar-refractivity contribution >= 4 is 0 Å². The molecule has 2 N–H and O–H groups in total. The molecule has 6 atom stereocenters. The lowest BCUT2D eigenvalue weighted by Gasteiger charge is -2.60. The average Bonchev–Trinajstić information content (AvgIpc) is 2.79. The summed E-state index contributed by atoms with van der Waals surface area (Å²) in [6, 6.07) is 0. The van der Waals surface area contributed by atoms with Crippen LogP contribution in [0.25, 0.3) is 0 Å². The molecule has 20 heavy (non-hydrogen) atoms. The molecule has 0 aromatic carbocycles. The van der Waals surface area contributed by atoms with Crippen LogP contribution in [0.2, 0.25) is 0 Å². The zero-order valence-electron chi connectivity index (χ0n) is 13.6. The molecule has 1 nitrogen and oxygen atoms in total. The first-order valence-corrected chi connectivity index (χ1v) is 9.13. The number of rotatable bonds is 0. The van der Waals surface area contributed by atoms with Gasteiger partial charge < -0.3 is 5.48 Å². The van der Waals surface area contributed by atoms with Crippen LogP contribution in [0, 0.1) is 34.5 Å². The lowest BCUT2D eigenvalue weighted by Crippen LogP contribution is -2.51. The van der Waals surface area contributed by atoms with Crippen LogP contribution in [0.3, 0.4) is 0 Å². The molecule has 0 bridgehead atoms. The molecular weight excluding hydrogens is 244 g/mol. The number of hydrogen-bond acceptors (Lipinski definition) is 0. The highest BCUT2D eigenvalue weighted by Gasteiger charge is 2.56. The first kappa shape index (κ1) is 14.9. The van der Waals surface area contributed by atoms with Crippen LogP contribution >= 0.6 is 0 Å². The van der Waals surface area contributed by atoms with Gasteiger partial charge in [-0.2, -0.15) is 0 Å². The Morgan fingerprint density at radius 3 is 2.40 bits per heavy atom. The summed E-state index contributed by atoms with van der Waals surface area (Å²) in [5.41, 5.74) is 1.49. The third-order valence-electron chi connectivity index (χ3n) is 8.36. The molecule has 4 rings (SSSR count). The maximum Gasteiger partial charge on any atom is -0.0266 e. The zero-order chi connectivity index (χ0) is 13.1. The standard InChI is InChI=1S/C19H32.H2O/c1-18-11-5-7-16(18)15-9-8-14-6-3-4-12-19(14,2)17(15)10-13-18;/h14-17H,3-13H2,1-2H3;1H2/t14-,15?,16?,17?,18?,19?;/m1./s1. The van der Waals surface area contributed by atoms with Crippen LogP contribution in [0.4, 0.5) is 0 Å². The van der Waals surface area contributed by atoms with E-state index in [1.165, 1.54) is 19.3 Å². The molecule has 0 spiro atoms. The van der Waals surface area contributed by atoms with E-state index in [4.69, 9.17) is 0 Å². The monoisotopic (exact) mass is 278 g/mol. The second-order valence-corrected chi connectivity index (χ2v) is 8.99. The fourth-order valence-corrected chi connectivity index (χ4v) is 7.29. The predicted octanol–water partition coefficient (Wildman–Crippen LogP) is 4.98. The van der Waals surface area contributed by atoms with Crippen LogP contribution < -0.4 is 0 Å². The SMILES string of the molecule is CC12CCCC1C1CC[C@H]3CCCCC3(C)C1CC2.O. The van der Waals surface area contributed by atoms with Gasteiger partial charge in [-0.1, -0.05) is 33.1 Å². The summed E-state index contributed by atoms with van der Waals surface area (Å²) in [5, 5.41) is 0. The quantitative estimate of drug-likeness (QED) is 0.598. The van der Waals surface area contributed by atoms with Crippen LogP contribution in [-0.4, -0.2) is 5.48 Å². The third-order valence-corrected chi connectivity index (χ3v) is 8.36. The largest absolute Gasteiger partial charge is 0.412 e. The average molecular weight is 278 g/mol. The summed E-state index contributed by atoms with van der Waals surface area (Å²) < 4.78 is 0. The maximum atomic E-state index is 2.70. The molecule has 1 heteroatoms. The molecular formula is C19H34O. The first-order chi connectivity index (χ1) is 9.13. The smallest absolute Gasteiger partial charge is 0.0266 e. The van der Waals surface area contributed by atoms with Gasteiger partial charge in [0.15, 0.2) is 0 Å². The summed E-state index contributed by atoms with van der Waals surface area (Å²) in [6.45, 7) is 5.33. The molecule has 0 aromatic heterocycles. The van der Waals surface area contributed by atoms with E-state index in [1.807, 2.05) is 0 Å². The summed E-state index contributed by atoms with van der Waals surface area (Å²) in [4.78, 5) is 0. The Labute approximate surface area is 125 Å². The van der Waals surface area contributed by atoms with E-state index in [9.17, 15) is 0 Å². The van der Waals surface area contributed by atoms with Crippen LogP contribution in [0.1, 0.15) is 84.5 Å². The Morgan fingerprint density at radius 2 is 1.55 bits per heavy atom. The van der Waals surface area contributed by atoms with Gasteiger partial charge in [-0.3, -0.25) is 0 Å². The minimum absolute atomic E-state index is 0. The van der Waals surface area contributed by atoms with Gasteiger partial charge in [-0.15, -0.1) is 0 Å². The molecule has 0 aliphatic heterocycles. The van der Waals surface area contributed by atoms with Crippen molar-refractivity contribution in [2.45, 2.75) is 84.5 Å². The molecule has 4 aliphatic rings. The summed E-state index contributed by atoms with van der Waals surface area (Å²) in [7, 11) is 0. The highest BCUT2D eigenvalue weighted by atomic mass is 16.0. The second-order valence-electron chi connectivity index (χ2n) is 8.99. The predicted molar refractivity (Wildman–Crippen MR) is 84.6 cm³/mol. The Hall–Kier alpha value is -0.0400. The van der Waals surface area contributed by atoms with Gasteiger partial charge in [0.05, 0.1) is 0 Å². The van der Waals surface area contributed by atoms with E-state index < -0.39 is 0 Å². The topological polar surface area (TPSA) is 31.5 Å². The van der Waals surface area contributed by atoms with E-state index in [2.05, 4.69) is 13.8 Å². The molecule has 0 aromatic rings. The molecule has 5 unspecified atom stereocenters.